The molecule has 0 spiro atoms. The Morgan fingerprint density at radius 3 is 2.36 bits per heavy atom. The van der Waals surface area contributed by atoms with Crippen molar-refractivity contribution in [3.63, 3.8) is 0 Å². The molecule has 8 heteroatoms. The maximum absolute atomic E-state index is 12.4. The molecule has 2 fully saturated rings. The monoisotopic (exact) mass is 411 g/mol. The molecule has 3 heterocycles. The van der Waals surface area contributed by atoms with E-state index in [0.717, 1.165) is 31.6 Å². The van der Waals surface area contributed by atoms with Gasteiger partial charge in [0.05, 0.1) is 29.1 Å². The average Bonchev–Trinajstić information content (AvgIpc) is 2.61. The molecule has 0 radical (unpaired) electrons. The van der Waals surface area contributed by atoms with Crippen molar-refractivity contribution in [3.05, 3.63) is 28.4 Å². The number of aromatic nitrogens is 2. The molecule has 2 aliphatic heterocycles. The molecule has 158 valence electrons. The number of hydrogen-bond acceptors (Lipinski definition) is 6. The van der Waals surface area contributed by atoms with Crippen molar-refractivity contribution in [2.24, 2.45) is 5.92 Å². The van der Waals surface area contributed by atoms with Gasteiger partial charge in [0, 0.05) is 24.6 Å². The summed E-state index contributed by atoms with van der Waals surface area (Å²) in [5.41, 5.74) is -0.212. The van der Waals surface area contributed by atoms with E-state index in [1.807, 2.05) is 20.8 Å². The summed E-state index contributed by atoms with van der Waals surface area (Å²) in [6.45, 7) is 9.08. The van der Waals surface area contributed by atoms with Gasteiger partial charge < -0.3 is 10.0 Å². The summed E-state index contributed by atoms with van der Waals surface area (Å²) < 4.78 is 24.9. The van der Waals surface area contributed by atoms with Gasteiger partial charge in [0.25, 0.3) is 5.56 Å². The van der Waals surface area contributed by atoms with Crippen LogP contribution in [0.3, 0.4) is 0 Å². The molecule has 0 unspecified atom stereocenters. The molecule has 0 bridgehead atoms. The second-order valence-electron chi connectivity index (χ2n) is 9.61. The van der Waals surface area contributed by atoms with Crippen LogP contribution in [-0.2, 0) is 21.8 Å². The van der Waals surface area contributed by atoms with Crippen LogP contribution in [0.1, 0.15) is 52.1 Å². The summed E-state index contributed by atoms with van der Waals surface area (Å²) in [7, 11) is -2.97. The number of hydrogen-bond donors (Lipinski definition) is 1. The van der Waals surface area contributed by atoms with Crippen LogP contribution in [-0.4, -0.2) is 64.7 Å². The van der Waals surface area contributed by atoms with Crippen LogP contribution in [0.15, 0.2) is 17.2 Å². The fourth-order valence-corrected chi connectivity index (χ4v) is 5.66. The first kappa shape index (κ1) is 21.5. The number of sulfone groups is 1. The number of likely N-dealkylation sites (tertiary alicyclic amines) is 1. The van der Waals surface area contributed by atoms with Gasteiger partial charge in [0.1, 0.15) is 0 Å². The third-order valence-electron chi connectivity index (χ3n) is 6.08. The SMILES string of the molecule is CC(C)(C)c1cc(=O)n(CC2CCN(CC3(O)CCS(=O)(=O)CC3)CC2)cn1. The lowest BCUT2D eigenvalue weighted by atomic mass is 9.91. The lowest BCUT2D eigenvalue weighted by molar-refractivity contribution is -0.0136. The van der Waals surface area contributed by atoms with E-state index in [1.54, 1.807) is 17.0 Å². The lowest BCUT2D eigenvalue weighted by Gasteiger charge is -2.39. The highest BCUT2D eigenvalue weighted by Gasteiger charge is 2.37. The Labute approximate surface area is 167 Å². The molecule has 0 saturated carbocycles. The Kier molecular flexibility index (Phi) is 6.04. The van der Waals surface area contributed by atoms with E-state index in [2.05, 4.69) is 9.88 Å². The molecule has 2 saturated heterocycles. The van der Waals surface area contributed by atoms with Crippen LogP contribution in [0.4, 0.5) is 0 Å². The third kappa shape index (κ3) is 5.42. The van der Waals surface area contributed by atoms with Gasteiger partial charge in [-0.1, -0.05) is 20.8 Å². The van der Waals surface area contributed by atoms with Crippen LogP contribution in [0, 0.1) is 5.92 Å². The van der Waals surface area contributed by atoms with E-state index in [9.17, 15) is 18.3 Å². The maximum Gasteiger partial charge on any atom is 0.253 e. The second kappa shape index (κ2) is 7.88. The Hall–Kier alpha value is -1.25. The lowest BCUT2D eigenvalue weighted by Crippen LogP contribution is -2.50. The summed E-state index contributed by atoms with van der Waals surface area (Å²) in [4.78, 5) is 19.1. The van der Waals surface area contributed by atoms with E-state index in [1.165, 1.54) is 0 Å². The zero-order chi connectivity index (χ0) is 20.6. The van der Waals surface area contributed by atoms with Gasteiger partial charge in [0.15, 0.2) is 9.84 Å². The van der Waals surface area contributed by atoms with Gasteiger partial charge in [-0.15, -0.1) is 0 Å². The van der Waals surface area contributed by atoms with E-state index < -0.39 is 15.4 Å². The minimum absolute atomic E-state index is 0.0000747. The molecule has 0 aliphatic carbocycles. The van der Waals surface area contributed by atoms with Crippen LogP contribution < -0.4 is 5.56 Å². The van der Waals surface area contributed by atoms with Crippen LogP contribution >= 0.6 is 0 Å². The summed E-state index contributed by atoms with van der Waals surface area (Å²) in [6, 6.07) is 1.64. The molecule has 0 amide bonds. The first-order valence-corrected chi connectivity index (χ1v) is 12.0. The van der Waals surface area contributed by atoms with E-state index in [4.69, 9.17) is 0 Å². The van der Waals surface area contributed by atoms with Gasteiger partial charge in [-0.2, -0.15) is 0 Å². The molecule has 7 nitrogen and oxygen atoms in total. The minimum Gasteiger partial charge on any atom is -0.388 e. The highest BCUT2D eigenvalue weighted by Crippen LogP contribution is 2.27. The van der Waals surface area contributed by atoms with Crippen molar-refractivity contribution < 1.29 is 13.5 Å². The molecule has 1 aromatic rings. The van der Waals surface area contributed by atoms with Crippen molar-refractivity contribution in [1.82, 2.24) is 14.5 Å². The number of rotatable bonds is 4. The quantitative estimate of drug-likeness (QED) is 0.800. The molecule has 2 aliphatic rings. The number of aliphatic hydroxyl groups is 1. The highest BCUT2D eigenvalue weighted by molar-refractivity contribution is 7.91. The largest absolute Gasteiger partial charge is 0.388 e. The topological polar surface area (TPSA) is 92.5 Å². The Morgan fingerprint density at radius 2 is 1.82 bits per heavy atom. The molecule has 1 aromatic heterocycles. The van der Waals surface area contributed by atoms with E-state index in [-0.39, 0.29) is 22.5 Å². The number of nitrogens with zero attached hydrogens (tertiary/aromatic N) is 3. The standard InChI is InChI=1S/C20H33N3O4S/c1-19(2,3)17-12-18(24)23(15-21-17)13-16-4-8-22(9-5-16)14-20(25)6-10-28(26,27)11-7-20/h12,15-16,25H,4-11,13-14H2,1-3H3. The Morgan fingerprint density at radius 1 is 1.21 bits per heavy atom. The summed E-state index contributed by atoms with van der Waals surface area (Å²) in [5, 5.41) is 10.7. The summed E-state index contributed by atoms with van der Waals surface area (Å²) >= 11 is 0. The van der Waals surface area contributed by atoms with Gasteiger partial charge >= 0.3 is 0 Å². The molecule has 1 N–H and O–H groups in total. The fourth-order valence-electron chi connectivity index (χ4n) is 4.07. The molecule has 0 aromatic carbocycles. The molecule has 28 heavy (non-hydrogen) atoms. The van der Waals surface area contributed by atoms with Crippen LogP contribution in [0.2, 0.25) is 0 Å². The molecular formula is C20H33N3O4S. The highest BCUT2D eigenvalue weighted by atomic mass is 32.2. The minimum atomic E-state index is -2.97. The smallest absolute Gasteiger partial charge is 0.253 e. The Bertz CT molecular complexity index is 835. The normalized spacial score (nSPS) is 23.6. The van der Waals surface area contributed by atoms with Crippen molar-refractivity contribution in [3.8, 4) is 0 Å². The number of piperidine rings is 1. The van der Waals surface area contributed by atoms with Gasteiger partial charge in [-0.25, -0.2) is 13.4 Å². The predicted molar refractivity (Wildman–Crippen MR) is 109 cm³/mol. The van der Waals surface area contributed by atoms with E-state index in [0.29, 0.717) is 31.8 Å². The first-order chi connectivity index (χ1) is 13.0. The predicted octanol–water partition coefficient (Wildman–Crippen LogP) is 1.19. The van der Waals surface area contributed by atoms with Crippen LogP contribution in [0.5, 0.6) is 0 Å². The third-order valence-corrected chi connectivity index (χ3v) is 7.74. The maximum atomic E-state index is 12.4. The summed E-state index contributed by atoms with van der Waals surface area (Å²) in [6.07, 6.45) is 4.25. The summed E-state index contributed by atoms with van der Waals surface area (Å²) in [5.74, 6) is 0.582. The van der Waals surface area contributed by atoms with Crippen molar-refractivity contribution in [2.45, 2.75) is 64.0 Å². The van der Waals surface area contributed by atoms with Crippen LogP contribution in [0.25, 0.3) is 0 Å². The van der Waals surface area contributed by atoms with Gasteiger partial charge in [-0.05, 0) is 44.7 Å². The second-order valence-corrected chi connectivity index (χ2v) is 11.9. The fraction of sp³-hybridized carbons (Fsp3) is 0.800. The number of β-amino-alcohol motifs (C(OH)–C–C–N with tert-alkyl or cyclic N) is 1. The van der Waals surface area contributed by atoms with Gasteiger partial charge in [0.2, 0.25) is 0 Å². The van der Waals surface area contributed by atoms with Gasteiger partial charge in [-0.3, -0.25) is 9.36 Å². The zero-order valence-electron chi connectivity index (χ0n) is 17.2. The van der Waals surface area contributed by atoms with Crippen molar-refractivity contribution in [1.29, 1.82) is 0 Å². The first-order valence-electron chi connectivity index (χ1n) is 10.2. The molecular weight excluding hydrogens is 378 g/mol. The average molecular weight is 412 g/mol. The zero-order valence-corrected chi connectivity index (χ0v) is 18.0. The van der Waals surface area contributed by atoms with Crippen molar-refractivity contribution in [2.75, 3.05) is 31.1 Å². The van der Waals surface area contributed by atoms with E-state index >= 15 is 0 Å². The molecule has 0 atom stereocenters. The van der Waals surface area contributed by atoms with Crippen molar-refractivity contribution >= 4 is 9.84 Å². The Balaban J connectivity index is 1.51. The molecule has 3 rings (SSSR count).